The summed E-state index contributed by atoms with van der Waals surface area (Å²) >= 11 is 0. The molecule has 7 heteroatoms. The molecule has 0 saturated heterocycles. The van der Waals surface area contributed by atoms with E-state index in [1.165, 1.54) is 11.0 Å². The Kier molecular flexibility index (Phi) is 5.12. The molecular formula is C22H20FN3O3. The van der Waals surface area contributed by atoms with Crippen molar-refractivity contribution in [1.29, 1.82) is 0 Å². The van der Waals surface area contributed by atoms with Crippen LogP contribution >= 0.6 is 0 Å². The molecule has 0 saturated carbocycles. The highest BCUT2D eigenvalue weighted by Gasteiger charge is 2.37. The highest BCUT2D eigenvalue weighted by molar-refractivity contribution is 6.02. The van der Waals surface area contributed by atoms with Gasteiger partial charge in [-0.1, -0.05) is 53.7 Å². The van der Waals surface area contributed by atoms with E-state index in [4.69, 9.17) is 4.52 Å². The van der Waals surface area contributed by atoms with Gasteiger partial charge in [-0.25, -0.2) is 4.39 Å². The molecule has 2 heterocycles. The molecule has 1 N–H and O–H groups in total. The largest absolute Gasteiger partial charge is 0.360 e. The van der Waals surface area contributed by atoms with E-state index in [1.807, 2.05) is 30.3 Å². The topological polar surface area (TPSA) is 75.4 Å². The number of anilines is 1. The molecule has 1 aromatic heterocycles. The van der Waals surface area contributed by atoms with Crippen molar-refractivity contribution >= 4 is 17.5 Å². The molecule has 0 bridgehead atoms. The average molecular weight is 393 g/mol. The number of carbonyl (C=O) groups excluding carboxylic acids is 2. The van der Waals surface area contributed by atoms with Crippen molar-refractivity contribution in [3.05, 3.63) is 83.2 Å². The summed E-state index contributed by atoms with van der Waals surface area (Å²) in [5.41, 5.74) is 2.39. The van der Waals surface area contributed by atoms with Crippen LogP contribution in [0.2, 0.25) is 0 Å². The Labute approximate surface area is 167 Å². The van der Waals surface area contributed by atoms with Crippen molar-refractivity contribution in [2.45, 2.75) is 25.1 Å². The van der Waals surface area contributed by atoms with E-state index in [9.17, 15) is 14.0 Å². The summed E-state index contributed by atoms with van der Waals surface area (Å²) < 4.78 is 20.1. The molecule has 2 atom stereocenters. The molecule has 0 unspecified atom stereocenters. The molecule has 2 aromatic carbocycles. The number of carbonyl (C=O) groups is 2. The van der Waals surface area contributed by atoms with Crippen molar-refractivity contribution in [3.8, 4) is 0 Å². The minimum absolute atomic E-state index is 0.0142. The predicted octanol–water partition coefficient (Wildman–Crippen LogP) is 2.92. The van der Waals surface area contributed by atoms with E-state index in [0.717, 1.165) is 11.1 Å². The maximum Gasteiger partial charge on any atom is 0.274 e. The van der Waals surface area contributed by atoms with Crippen LogP contribution in [0.25, 0.3) is 0 Å². The van der Waals surface area contributed by atoms with Gasteiger partial charge in [0.15, 0.2) is 5.69 Å². The van der Waals surface area contributed by atoms with E-state index in [1.54, 1.807) is 31.3 Å². The first-order valence-corrected chi connectivity index (χ1v) is 9.33. The molecular weight excluding hydrogens is 373 g/mol. The third kappa shape index (κ3) is 3.89. The van der Waals surface area contributed by atoms with Gasteiger partial charge in [-0.3, -0.25) is 9.59 Å². The van der Waals surface area contributed by atoms with Gasteiger partial charge >= 0.3 is 0 Å². The quantitative estimate of drug-likeness (QED) is 0.740. The van der Waals surface area contributed by atoms with Crippen LogP contribution in [-0.4, -0.2) is 36.2 Å². The van der Waals surface area contributed by atoms with Crippen LogP contribution < -0.4 is 10.2 Å². The summed E-state index contributed by atoms with van der Waals surface area (Å²) in [6, 6.07) is 17.0. The Hall–Kier alpha value is -3.48. The minimum Gasteiger partial charge on any atom is -0.360 e. The molecule has 148 valence electrons. The van der Waals surface area contributed by atoms with E-state index < -0.39 is 24.0 Å². The SMILES string of the molecule is CN1C(=O)[C@H](NC(=O)c2cc(Cc3ccccc3)on2)[C@H](F)Cc2ccccc21. The van der Waals surface area contributed by atoms with Gasteiger partial charge in [-0.05, 0) is 17.2 Å². The van der Waals surface area contributed by atoms with Gasteiger partial charge in [0, 0.05) is 31.6 Å². The highest BCUT2D eigenvalue weighted by Crippen LogP contribution is 2.27. The second-order valence-corrected chi connectivity index (χ2v) is 7.04. The number of rotatable bonds is 4. The lowest BCUT2D eigenvalue weighted by molar-refractivity contribution is -0.121. The van der Waals surface area contributed by atoms with E-state index >= 15 is 0 Å². The Balaban J connectivity index is 1.49. The number of hydrogen-bond acceptors (Lipinski definition) is 4. The van der Waals surface area contributed by atoms with Crippen molar-refractivity contribution in [2.24, 2.45) is 0 Å². The molecule has 0 radical (unpaired) electrons. The Morgan fingerprint density at radius 1 is 1.21 bits per heavy atom. The Morgan fingerprint density at radius 3 is 2.72 bits per heavy atom. The smallest absolute Gasteiger partial charge is 0.274 e. The maximum atomic E-state index is 14.9. The second-order valence-electron chi connectivity index (χ2n) is 7.04. The molecule has 0 aliphatic carbocycles. The van der Waals surface area contributed by atoms with Crippen LogP contribution in [0.4, 0.5) is 10.1 Å². The average Bonchev–Trinajstić information content (AvgIpc) is 3.17. The lowest BCUT2D eigenvalue weighted by Gasteiger charge is -2.22. The number of para-hydroxylation sites is 1. The third-order valence-corrected chi connectivity index (χ3v) is 5.03. The van der Waals surface area contributed by atoms with E-state index in [2.05, 4.69) is 10.5 Å². The van der Waals surface area contributed by atoms with Crippen molar-refractivity contribution in [1.82, 2.24) is 10.5 Å². The standard InChI is InChI=1S/C22H20FN3O3/c1-26-19-10-6-5-9-15(19)12-17(23)20(22(26)28)24-21(27)18-13-16(29-25-18)11-14-7-3-2-4-8-14/h2-10,13,17,20H,11-12H2,1H3,(H,24,27)/t17-,20-/m1/s1. The highest BCUT2D eigenvalue weighted by atomic mass is 19.1. The fourth-order valence-electron chi connectivity index (χ4n) is 3.49. The third-order valence-electron chi connectivity index (χ3n) is 5.03. The van der Waals surface area contributed by atoms with Crippen LogP contribution in [0, 0.1) is 0 Å². The van der Waals surface area contributed by atoms with Crippen LogP contribution in [0.3, 0.4) is 0 Å². The number of hydrogen-bond donors (Lipinski definition) is 1. The maximum absolute atomic E-state index is 14.9. The van der Waals surface area contributed by atoms with E-state index in [0.29, 0.717) is 17.9 Å². The van der Waals surface area contributed by atoms with Crippen LogP contribution in [0.5, 0.6) is 0 Å². The Bertz CT molecular complexity index is 1030. The number of fused-ring (bicyclic) bond motifs is 1. The molecule has 3 aromatic rings. The monoisotopic (exact) mass is 393 g/mol. The number of nitrogens with one attached hydrogen (secondary N) is 1. The zero-order chi connectivity index (χ0) is 20.4. The number of benzene rings is 2. The number of aromatic nitrogens is 1. The van der Waals surface area contributed by atoms with Crippen LogP contribution in [0.15, 0.2) is 65.2 Å². The summed E-state index contributed by atoms with van der Waals surface area (Å²) in [6.45, 7) is 0. The number of nitrogens with zero attached hydrogens (tertiary/aromatic N) is 2. The minimum atomic E-state index is -1.55. The summed E-state index contributed by atoms with van der Waals surface area (Å²) in [6.07, 6.45) is -1.03. The summed E-state index contributed by atoms with van der Waals surface area (Å²) in [7, 11) is 1.58. The van der Waals surface area contributed by atoms with Crippen LogP contribution in [-0.2, 0) is 17.6 Å². The number of halogens is 1. The molecule has 2 amide bonds. The first-order chi connectivity index (χ1) is 14.0. The van der Waals surface area contributed by atoms with E-state index in [-0.39, 0.29) is 12.1 Å². The molecule has 1 aliphatic heterocycles. The zero-order valence-electron chi connectivity index (χ0n) is 15.8. The lowest BCUT2D eigenvalue weighted by Crippen LogP contribution is -2.51. The van der Waals surface area contributed by atoms with Gasteiger partial charge in [0.25, 0.3) is 11.8 Å². The fourth-order valence-corrected chi connectivity index (χ4v) is 3.49. The van der Waals surface area contributed by atoms with Gasteiger partial charge in [-0.15, -0.1) is 0 Å². The number of likely N-dealkylation sites (N-methyl/N-ethyl adjacent to an activating group) is 1. The van der Waals surface area contributed by atoms with Crippen molar-refractivity contribution in [3.63, 3.8) is 0 Å². The molecule has 29 heavy (non-hydrogen) atoms. The van der Waals surface area contributed by atoms with Crippen molar-refractivity contribution < 1.29 is 18.5 Å². The fraction of sp³-hybridized carbons (Fsp3) is 0.227. The first kappa shape index (κ1) is 18.9. The molecule has 6 nitrogen and oxygen atoms in total. The summed E-state index contributed by atoms with van der Waals surface area (Å²) in [4.78, 5) is 26.7. The first-order valence-electron chi connectivity index (χ1n) is 9.33. The molecule has 0 fully saturated rings. The number of alkyl halides is 1. The van der Waals surface area contributed by atoms with Gasteiger partial charge in [0.05, 0.1) is 0 Å². The van der Waals surface area contributed by atoms with Crippen molar-refractivity contribution in [2.75, 3.05) is 11.9 Å². The van der Waals surface area contributed by atoms with Gasteiger partial charge in [-0.2, -0.15) is 0 Å². The molecule has 0 spiro atoms. The lowest BCUT2D eigenvalue weighted by atomic mass is 10.0. The van der Waals surface area contributed by atoms with Crippen LogP contribution in [0.1, 0.15) is 27.4 Å². The molecule has 4 rings (SSSR count). The zero-order valence-corrected chi connectivity index (χ0v) is 15.8. The van der Waals surface area contributed by atoms with Gasteiger partial charge in [0.1, 0.15) is 18.0 Å². The Morgan fingerprint density at radius 2 is 1.93 bits per heavy atom. The van der Waals surface area contributed by atoms with Gasteiger partial charge in [0.2, 0.25) is 0 Å². The second kappa shape index (κ2) is 7.87. The van der Waals surface area contributed by atoms with Gasteiger partial charge < -0.3 is 14.7 Å². The predicted molar refractivity (Wildman–Crippen MR) is 105 cm³/mol. The summed E-state index contributed by atoms with van der Waals surface area (Å²) in [5, 5.41) is 6.26. The summed E-state index contributed by atoms with van der Waals surface area (Å²) in [5.74, 6) is -0.646. The number of amides is 2. The molecule has 1 aliphatic rings. The normalized spacial score (nSPS) is 18.8.